The summed E-state index contributed by atoms with van der Waals surface area (Å²) in [7, 11) is 0. The predicted molar refractivity (Wildman–Crippen MR) is 85.4 cm³/mol. The lowest BCUT2D eigenvalue weighted by Crippen LogP contribution is -2.40. The lowest BCUT2D eigenvalue weighted by atomic mass is 9.93. The lowest BCUT2D eigenvalue weighted by Gasteiger charge is -2.34. The zero-order chi connectivity index (χ0) is 14.5. The normalized spacial score (nSPS) is 25.7. The average Bonchev–Trinajstić information content (AvgIpc) is 2.74. The van der Waals surface area contributed by atoms with Crippen molar-refractivity contribution in [3.05, 3.63) is 29.6 Å². The van der Waals surface area contributed by atoms with Gasteiger partial charge in [-0.3, -0.25) is 9.88 Å². The van der Waals surface area contributed by atoms with Gasteiger partial charge in [0.1, 0.15) is 0 Å². The van der Waals surface area contributed by atoms with Crippen LogP contribution in [-0.4, -0.2) is 42.2 Å². The highest BCUT2D eigenvalue weighted by Gasteiger charge is 2.26. The van der Waals surface area contributed by atoms with Crippen LogP contribution in [0.2, 0.25) is 0 Å². The SMILES string of the molecule is Cc1cccc(C[C@@H]2COCCN(C3CCCCC3)C2)n1. The molecule has 0 N–H and O–H groups in total. The molecule has 3 heteroatoms. The van der Waals surface area contributed by atoms with Crippen molar-refractivity contribution in [3.63, 3.8) is 0 Å². The van der Waals surface area contributed by atoms with E-state index in [9.17, 15) is 0 Å². The lowest BCUT2D eigenvalue weighted by molar-refractivity contribution is 0.116. The Morgan fingerprint density at radius 2 is 2.10 bits per heavy atom. The maximum absolute atomic E-state index is 5.86. The summed E-state index contributed by atoms with van der Waals surface area (Å²) in [5.41, 5.74) is 2.33. The Balaban J connectivity index is 1.61. The van der Waals surface area contributed by atoms with Crippen LogP contribution in [0.1, 0.15) is 43.5 Å². The van der Waals surface area contributed by atoms with E-state index in [1.165, 1.54) is 44.3 Å². The number of aryl methyl sites for hydroxylation is 1. The van der Waals surface area contributed by atoms with E-state index in [4.69, 9.17) is 4.74 Å². The van der Waals surface area contributed by atoms with Gasteiger partial charge in [0.05, 0.1) is 13.2 Å². The maximum atomic E-state index is 5.86. The highest BCUT2D eigenvalue weighted by atomic mass is 16.5. The van der Waals surface area contributed by atoms with Crippen molar-refractivity contribution in [2.45, 2.75) is 51.5 Å². The molecule has 1 aromatic heterocycles. The first-order valence-corrected chi connectivity index (χ1v) is 8.55. The third-order valence-electron chi connectivity index (χ3n) is 4.90. The van der Waals surface area contributed by atoms with Gasteiger partial charge in [-0.15, -0.1) is 0 Å². The molecule has 0 amide bonds. The molecule has 21 heavy (non-hydrogen) atoms. The van der Waals surface area contributed by atoms with Crippen LogP contribution in [0.5, 0.6) is 0 Å². The van der Waals surface area contributed by atoms with E-state index in [0.717, 1.165) is 37.9 Å². The zero-order valence-corrected chi connectivity index (χ0v) is 13.3. The van der Waals surface area contributed by atoms with Crippen molar-refractivity contribution in [3.8, 4) is 0 Å². The molecular formula is C18H28N2O. The van der Waals surface area contributed by atoms with Crippen LogP contribution in [0, 0.1) is 12.8 Å². The largest absolute Gasteiger partial charge is 0.380 e. The fourth-order valence-corrected chi connectivity index (χ4v) is 3.82. The summed E-state index contributed by atoms with van der Waals surface area (Å²) >= 11 is 0. The summed E-state index contributed by atoms with van der Waals surface area (Å²) in [6, 6.07) is 7.15. The van der Waals surface area contributed by atoms with E-state index in [-0.39, 0.29) is 0 Å². The number of hydrogen-bond acceptors (Lipinski definition) is 3. The van der Waals surface area contributed by atoms with E-state index >= 15 is 0 Å². The molecule has 1 atom stereocenters. The first-order valence-electron chi connectivity index (χ1n) is 8.55. The van der Waals surface area contributed by atoms with Crippen LogP contribution in [-0.2, 0) is 11.2 Å². The zero-order valence-electron chi connectivity index (χ0n) is 13.3. The van der Waals surface area contributed by atoms with Gasteiger partial charge in [-0.25, -0.2) is 0 Å². The number of nitrogens with zero attached hydrogens (tertiary/aromatic N) is 2. The van der Waals surface area contributed by atoms with E-state index in [1.807, 2.05) is 0 Å². The molecule has 0 unspecified atom stereocenters. The smallest absolute Gasteiger partial charge is 0.0593 e. The molecule has 1 saturated carbocycles. The summed E-state index contributed by atoms with van der Waals surface area (Å²) in [6.45, 7) is 6.15. The molecule has 3 nitrogen and oxygen atoms in total. The van der Waals surface area contributed by atoms with Crippen molar-refractivity contribution in [2.24, 2.45) is 5.92 Å². The van der Waals surface area contributed by atoms with Gasteiger partial charge >= 0.3 is 0 Å². The van der Waals surface area contributed by atoms with Gasteiger partial charge in [-0.05, 0) is 38.3 Å². The third-order valence-corrected chi connectivity index (χ3v) is 4.90. The number of pyridine rings is 1. The van der Waals surface area contributed by atoms with Crippen molar-refractivity contribution >= 4 is 0 Å². The number of ether oxygens (including phenoxy) is 1. The highest BCUT2D eigenvalue weighted by Crippen LogP contribution is 2.25. The summed E-state index contributed by atoms with van der Waals surface area (Å²) in [4.78, 5) is 7.36. The molecule has 1 aliphatic carbocycles. The second-order valence-corrected chi connectivity index (χ2v) is 6.70. The van der Waals surface area contributed by atoms with Crippen LogP contribution in [0.4, 0.5) is 0 Å². The molecule has 0 bridgehead atoms. The Bertz CT molecular complexity index is 443. The van der Waals surface area contributed by atoms with Crippen molar-refractivity contribution in [2.75, 3.05) is 26.3 Å². The third kappa shape index (κ3) is 4.27. The van der Waals surface area contributed by atoms with Crippen LogP contribution >= 0.6 is 0 Å². The molecule has 1 aromatic rings. The highest BCUT2D eigenvalue weighted by molar-refractivity contribution is 5.10. The average molecular weight is 288 g/mol. The number of hydrogen-bond donors (Lipinski definition) is 0. The van der Waals surface area contributed by atoms with Crippen molar-refractivity contribution < 1.29 is 4.74 Å². The van der Waals surface area contributed by atoms with E-state index in [2.05, 4.69) is 35.0 Å². The molecule has 0 spiro atoms. The molecule has 2 heterocycles. The molecule has 3 rings (SSSR count). The Kier molecular flexibility index (Phi) is 5.26. The topological polar surface area (TPSA) is 25.4 Å². The number of rotatable bonds is 3. The van der Waals surface area contributed by atoms with Gasteiger partial charge < -0.3 is 4.74 Å². The Labute approximate surface area is 128 Å². The van der Waals surface area contributed by atoms with Gasteiger partial charge in [-0.2, -0.15) is 0 Å². The first kappa shape index (κ1) is 15.0. The van der Waals surface area contributed by atoms with Crippen LogP contribution in [0.25, 0.3) is 0 Å². The molecule has 0 aromatic carbocycles. The van der Waals surface area contributed by atoms with Gasteiger partial charge in [0.2, 0.25) is 0 Å². The van der Waals surface area contributed by atoms with Gasteiger partial charge in [0.15, 0.2) is 0 Å². The molecule has 116 valence electrons. The standard InChI is InChI=1S/C18H28N2O/c1-15-6-5-7-17(19-15)12-16-13-20(10-11-21-14-16)18-8-3-2-4-9-18/h5-7,16,18H,2-4,8-14H2,1H3/t16-/m0/s1. The Morgan fingerprint density at radius 1 is 1.24 bits per heavy atom. The minimum absolute atomic E-state index is 0.587. The van der Waals surface area contributed by atoms with Crippen LogP contribution < -0.4 is 0 Å². The van der Waals surface area contributed by atoms with Crippen molar-refractivity contribution in [1.82, 2.24) is 9.88 Å². The molecule has 0 radical (unpaired) electrons. The van der Waals surface area contributed by atoms with Gasteiger partial charge in [-0.1, -0.05) is 25.3 Å². The second-order valence-electron chi connectivity index (χ2n) is 6.70. The predicted octanol–water partition coefficient (Wildman–Crippen LogP) is 3.21. The van der Waals surface area contributed by atoms with E-state index in [1.54, 1.807) is 0 Å². The van der Waals surface area contributed by atoms with E-state index < -0.39 is 0 Å². The Morgan fingerprint density at radius 3 is 2.90 bits per heavy atom. The minimum Gasteiger partial charge on any atom is -0.380 e. The van der Waals surface area contributed by atoms with Gasteiger partial charge in [0.25, 0.3) is 0 Å². The van der Waals surface area contributed by atoms with Crippen LogP contribution in [0.3, 0.4) is 0 Å². The van der Waals surface area contributed by atoms with Gasteiger partial charge in [0, 0.05) is 36.4 Å². The molecule has 1 aliphatic heterocycles. The first-order chi connectivity index (χ1) is 10.3. The second kappa shape index (κ2) is 7.37. The summed E-state index contributed by atoms with van der Waals surface area (Å²) in [5.74, 6) is 0.587. The number of aromatic nitrogens is 1. The summed E-state index contributed by atoms with van der Waals surface area (Å²) in [5, 5.41) is 0. The van der Waals surface area contributed by atoms with E-state index in [0.29, 0.717) is 5.92 Å². The maximum Gasteiger partial charge on any atom is 0.0593 e. The fraction of sp³-hybridized carbons (Fsp3) is 0.722. The molecule has 2 aliphatic rings. The van der Waals surface area contributed by atoms with Crippen molar-refractivity contribution in [1.29, 1.82) is 0 Å². The summed E-state index contributed by atoms with van der Waals surface area (Å²) in [6.07, 6.45) is 8.06. The molecular weight excluding hydrogens is 260 g/mol. The monoisotopic (exact) mass is 288 g/mol. The quantitative estimate of drug-likeness (QED) is 0.854. The minimum atomic E-state index is 0.587. The Hall–Kier alpha value is -0.930. The molecule has 2 fully saturated rings. The fourth-order valence-electron chi connectivity index (χ4n) is 3.82. The summed E-state index contributed by atoms with van der Waals surface area (Å²) < 4.78 is 5.86. The van der Waals surface area contributed by atoms with Crippen LogP contribution in [0.15, 0.2) is 18.2 Å². The molecule has 1 saturated heterocycles.